The van der Waals surface area contributed by atoms with E-state index >= 15 is 0 Å². The first-order valence-electron chi connectivity index (χ1n) is 13.2. The summed E-state index contributed by atoms with van der Waals surface area (Å²) in [6, 6.07) is 10.5. The first kappa shape index (κ1) is 24.9. The molecule has 194 valence electrons. The van der Waals surface area contributed by atoms with Crippen molar-refractivity contribution in [3.8, 4) is 0 Å². The van der Waals surface area contributed by atoms with Gasteiger partial charge in [-0.1, -0.05) is 12.1 Å². The van der Waals surface area contributed by atoms with Crippen LogP contribution < -0.4 is 9.80 Å². The van der Waals surface area contributed by atoms with Crippen LogP contribution in [0.1, 0.15) is 49.3 Å². The number of piperazine rings is 1. The summed E-state index contributed by atoms with van der Waals surface area (Å²) in [4.78, 5) is 47.4. The fourth-order valence-corrected chi connectivity index (χ4v) is 5.16. The Kier molecular flexibility index (Phi) is 6.95. The Morgan fingerprint density at radius 3 is 2.59 bits per heavy atom. The Hall–Kier alpha value is -3.75. The number of hydrogen-bond donors (Lipinski definition) is 0. The summed E-state index contributed by atoms with van der Waals surface area (Å²) >= 11 is 0. The van der Waals surface area contributed by atoms with Gasteiger partial charge in [0.05, 0.1) is 12.1 Å². The van der Waals surface area contributed by atoms with E-state index in [0.717, 1.165) is 41.8 Å². The molecule has 2 aliphatic rings. The van der Waals surface area contributed by atoms with Crippen molar-refractivity contribution in [2.75, 3.05) is 49.1 Å². The number of benzene rings is 1. The Morgan fingerprint density at radius 1 is 1.11 bits per heavy atom. The lowest BCUT2D eigenvalue weighted by molar-refractivity contribution is -0.129. The predicted octanol–water partition coefficient (Wildman–Crippen LogP) is 3.13. The Balaban J connectivity index is 1.44. The standard InChI is InChI=1S/C28H35N7O2/c1-5-32(12-10-21-8-9-24-22(17-21)7-6-11-29-24)26-23-18-35(19(2)3)27(37)25(23)30-28(31-26)34-15-13-33(14-16-34)20(4)36/h6-9,11,17,19H,5,10,12-16,18H2,1-4H3. The lowest BCUT2D eigenvalue weighted by atomic mass is 10.1. The molecule has 2 amide bonds. The molecule has 1 saturated heterocycles. The fraction of sp³-hybridized carbons (Fsp3) is 0.464. The van der Waals surface area contributed by atoms with E-state index in [9.17, 15) is 9.59 Å². The van der Waals surface area contributed by atoms with Crippen LogP contribution in [0.5, 0.6) is 0 Å². The van der Waals surface area contributed by atoms with Crippen LogP contribution >= 0.6 is 0 Å². The molecule has 2 aromatic heterocycles. The van der Waals surface area contributed by atoms with E-state index in [0.29, 0.717) is 44.4 Å². The molecule has 3 aromatic rings. The second-order valence-corrected chi connectivity index (χ2v) is 10.1. The molecule has 0 bridgehead atoms. The molecule has 9 heteroatoms. The summed E-state index contributed by atoms with van der Waals surface area (Å²) in [5.41, 5.74) is 3.66. The maximum Gasteiger partial charge on any atom is 0.273 e. The summed E-state index contributed by atoms with van der Waals surface area (Å²) < 4.78 is 0. The van der Waals surface area contributed by atoms with Crippen LogP contribution in [0.2, 0.25) is 0 Å². The number of likely N-dealkylation sites (N-methyl/N-ethyl adjacent to an activating group) is 1. The quantitative estimate of drug-likeness (QED) is 0.492. The molecule has 37 heavy (non-hydrogen) atoms. The SMILES string of the molecule is CCN(CCc1ccc2ncccc2c1)c1nc(N2CCN(C(C)=O)CC2)nc2c1CN(C(C)C)C2=O. The van der Waals surface area contributed by atoms with Gasteiger partial charge in [0.25, 0.3) is 5.91 Å². The predicted molar refractivity (Wildman–Crippen MR) is 145 cm³/mol. The van der Waals surface area contributed by atoms with Gasteiger partial charge in [-0.3, -0.25) is 14.6 Å². The highest BCUT2D eigenvalue weighted by molar-refractivity contribution is 5.98. The molecule has 0 atom stereocenters. The van der Waals surface area contributed by atoms with Gasteiger partial charge in [0, 0.05) is 69.4 Å². The molecule has 0 aliphatic carbocycles. The number of amides is 2. The molecule has 5 rings (SSSR count). The van der Waals surface area contributed by atoms with Crippen LogP contribution in [0.25, 0.3) is 10.9 Å². The Morgan fingerprint density at radius 2 is 1.89 bits per heavy atom. The van der Waals surface area contributed by atoms with Gasteiger partial charge in [0.1, 0.15) is 11.5 Å². The zero-order valence-corrected chi connectivity index (χ0v) is 22.1. The third kappa shape index (κ3) is 4.95. The van der Waals surface area contributed by atoms with Crippen molar-refractivity contribution in [2.45, 2.75) is 46.7 Å². The molecule has 0 spiro atoms. The van der Waals surface area contributed by atoms with E-state index in [1.807, 2.05) is 35.9 Å². The minimum atomic E-state index is -0.0321. The Bertz CT molecular complexity index is 1320. The van der Waals surface area contributed by atoms with Crippen molar-refractivity contribution in [1.82, 2.24) is 24.8 Å². The topological polar surface area (TPSA) is 85.8 Å². The van der Waals surface area contributed by atoms with Crippen molar-refractivity contribution < 1.29 is 9.59 Å². The van der Waals surface area contributed by atoms with Crippen LogP contribution in [0.4, 0.5) is 11.8 Å². The number of hydrogen-bond acceptors (Lipinski definition) is 7. The van der Waals surface area contributed by atoms with Crippen molar-refractivity contribution >= 4 is 34.5 Å². The van der Waals surface area contributed by atoms with Gasteiger partial charge < -0.3 is 19.6 Å². The number of aromatic nitrogens is 3. The summed E-state index contributed by atoms with van der Waals surface area (Å²) in [6.07, 6.45) is 2.67. The van der Waals surface area contributed by atoms with E-state index < -0.39 is 0 Å². The van der Waals surface area contributed by atoms with Gasteiger partial charge in [-0.05, 0) is 51.0 Å². The number of fused-ring (bicyclic) bond motifs is 2. The van der Waals surface area contributed by atoms with Crippen LogP contribution in [0, 0.1) is 0 Å². The van der Waals surface area contributed by atoms with Crippen LogP contribution in [0.3, 0.4) is 0 Å². The highest BCUT2D eigenvalue weighted by Gasteiger charge is 2.36. The van der Waals surface area contributed by atoms with Crippen molar-refractivity contribution in [3.63, 3.8) is 0 Å². The maximum absolute atomic E-state index is 13.3. The van der Waals surface area contributed by atoms with Crippen molar-refractivity contribution in [1.29, 1.82) is 0 Å². The highest BCUT2D eigenvalue weighted by atomic mass is 16.2. The normalized spacial score (nSPS) is 15.6. The monoisotopic (exact) mass is 501 g/mol. The fourth-order valence-electron chi connectivity index (χ4n) is 5.16. The molecule has 4 heterocycles. The largest absolute Gasteiger partial charge is 0.356 e. The van der Waals surface area contributed by atoms with Gasteiger partial charge in [-0.15, -0.1) is 0 Å². The summed E-state index contributed by atoms with van der Waals surface area (Å²) in [6.45, 7) is 12.4. The Labute approximate surface area is 218 Å². The lowest BCUT2D eigenvalue weighted by Crippen LogP contribution is -2.48. The van der Waals surface area contributed by atoms with Gasteiger partial charge >= 0.3 is 0 Å². The van der Waals surface area contributed by atoms with E-state index in [1.165, 1.54) is 5.56 Å². The first-order chi connectivity index (χ1) is 17.9. The average Bonchev–Trinajstić information content (AvgIpc) is 3.25. The third-order valence-electron chi connectivity index (χ3n) is 7.42. The molecule has 0 saturated carbocycles. The van der Waals surface area contributed by atoms with E-state index in [1.54, 1.807) is 6.92 Å². The molecular formula is C28H35N7O2. The minimum absolute atomic E-state index is 0.0321. The van der Waals surface area contributed by atoms with Gasteiger partial charge in [0.2, 0.25) is 11.9 Å². The first-order valence-corrected chi connectivity index (χ1v) is 13.2. The number of nitrogens with zero attached hydrogens (tertiary/aromatic N) is 7. The average molecular weight is 502 g/mol. The van der Waals surface area contributed by atoms with Crippen LogP contribution in [-0.2, 0) is 17.8 Å². The number of carbonyl (C=O) groups excluding carboxylic acids is 2. The highest BCUT2D eigenvalue weighted by Crippen LogP contribution is 2.33. The molecule has 9 nitrogen and oxygen atoms in total. The van der Waals surface area contributed by atoms with Gasteiger partial charge in [-0.25, -0.2) is 4.98 Å². The zero-order chi connectivity index (χ0) is 26.1. The number of carbonyl (C=O) groups is 2. The molecule has 2 aliphatic heterocycles. The zero-order valence-electron chi connectivity index (χ0n) is 22.1. The summed E-state index contributed by atoms with van der Waals surface area (Å²) in [7, 11) is 0. The second-order valence-electron chi connectivity index (χ2n) is 10.1. The van der Waals surface area contributed by atoms with Crippen LogP contribution in [-0.4, -0.2) is 81.9 Å². The van der Waals surface area contributed by atoms with Gasteiger partial charge in [-0.2, -0.15) is 4.98 Å². The summed E-state index contributed by atoms with van der Waals surface area (Å²) in [5.74, 6) is 1.47. The molecular weight excluding hydrogens is 466 g/mol. The van der Waals surface area contributed by atoms with Crippen molar-refractivity contribution in [3.05, 3.63) is 53.3 Å². The number of anilines is 2. The lowest BCUT2D eigenvalue weighted by Gasteiger charge is -2.35. The molecule has 1 aromatic carbocycles. The molecule has 0 radical (unpaired) electrons. The van der Waals surface area contributed by atoms with Crippen LogP contribution in [0.15, 0.2) is 36.5 Å². The number of rotatable bonds is 7. The molecule has 0 unspecified atom stereocenters. The van der Waals surface area contributed by atoms with E-state index in [-0.39, 0.29) is 17.9 Å². The van der Waals surface area contributed by atoms with Crippen molar-refractivity contribution in [2.24, 2.45) is 0 Å². The summed E-state index contributed by atoms with van der Waals surface area (Å²) in [5, 5.41) is 1.14. The third-order valence-corrected chi connectivity index (χ3v) is 7.42. The maximum atomic E-state index is 13.3. The van der Waals surface area contributed by atoms with E-state index in [2.05, 4.69) is 46.0 Å². The molecule has 1 fully saturated rings. The van der Waals surface area contributed by atoms with E-state index in [4.69, 9.17) is 9.97 Å². The van der Waals surface area contributed by atoms with Gasteiger partial charge in [0.15, 0.2) is 0 Å². The number of pyridine rings is 1. The smallest absolute Gasteiger partial charge is 0.273 e. The minimum Gasteiger partial charge on any atom is -0.356 e. The molecule has 0 N–H and O–H groups in total. The second kappa shape index (κ2) is 10.3.